The number of furan rings is 1. The van der Waals surface area contributed by atoms with E-state index >= 15 is 0 Å². The summed E-state index contributed by atoms with van der Waals surface area (Å²) in [7, 11) is 0. The van der Waals surface area contributed by atoms with Gasteiger partial charge in [-0.3, -0.25) is 0 Å². The average Bonchev–Trinajstić information content (AvgIpc) is 3.75. The molecule has 0 fully saturated rings. The standard InChI is InChI=1S/C48H32N2O/c1-4-14-33(15-5-1)34-26-28-37(29-27-34)49(44-24-13-22-41-40-20-10-11-25-46(40)51-48(41)44)38-30-31-42-45(32-38)50(36-18-8-3-9-19-36)43-23-12-21-39(47(42)43)35-16-6-2-7-17-35/h1-32H. The van der Waals surface area contributed by atoms with Crippen molar-refractivity contribution >= 4 is 60.8 Å². The van der Waals surface area contributed by atoms with Gasteiger partial charge in [0, 0.05) is 38.6 Å². The van der Waals surface area contributed by atoms with Gasteiger partial charge in [-0.25, -0.2) is 0 Å². The Labute approximate surface area is 295 Å². The maximum atomic E-state index is 6.65. The summed E-state index contributed by atoms with van der Waals surface area (Å²) in [6.45, 7) is 0. The molecule has 10 aromatic rings. The number of nitrogens with zero attached hydrogens (tertiary/aromatic N) is 2. The van der Waals surface area contributed by atoms with E-state index in [1.54, 1.807) is 0 Å². The normalized spacial score (nSPS) is 11.5. The maximum absolute atomic E-state index is 6.65. The van der Waals surface area contributed by atoms with Crippen LogP contribution in [0.3, 0.4) is 0 Å². The summed E-state index contributed by atoms with van der Waals surface area (Å²) in [6, 6.07) is 69.1. The van der Waals surface area contributed by atoms with Crippen molar-refractivity contribution in [2.24, 2.45) is 0 Å². The van der Waals surface area contributed by atoms with Crippen molar-refractivity contribution in [3.05, 3.63) is 194 Å². The fourth-order valence-corrected chi connectivity index (χ4v) is 7.68. The molecule has 3 heteroatoms. The van der Waals surface area contributed by atoms with E-state index in [9.17, 15) is 0 Å². The molecular formula is C48H32N2O. The summed E-state index contributed by atoms with van der Waals surface area (Å²) in [5.74, 6) is 0. The van der Waals surface area contributed by atoms with Crippen molar-refractivity contribution in [1.82, 2.24) is 4.57 Å². The Hall–Kier alpha value is -6.84. The molecule has 2 aromatic heterocycles. The van der Waals surface area contributed by atoms with Crippen molar-refractivity contribution in [2.75, 3.05) is 4.90 Å². The minimum absolute atomic E-state index is 0.862. The third-order valence-electron chi connectivity index (χ3n) is 9.99. The summed E-state index contributed by atoms with van der Waals surface area (Å²) >= 11 is 0. The molecule has 240 valence electrons. The van der Waals surface area contributed by atoms with Crippen LogP contribution in [0.4, 0.5) is 17.1 Å². The summed E-state index contributed by atoms with van der Waals surface area (Å²) in [5.41, 5.74) is 13.1. The van der Waals surface area contributed by atoms with E-state index < -0.39 is 0 Å². The van der Waals surface area contributed by atoms with E-state index in [0.29, 0.717) is 0 Å². The molecule has 0 saturated carbocycles. The third-order valence-corrected chi connectivity index (χ3v) is 9.99. The van der Waals surface area contributed by atoms with Crippen LogP contribution in [0, 0.1) is 0 Å². The van der Waals surface area contributed by atoms with Gasteiger partial charge in [0.1, 0.15) is 5.58 Å². The summed E-state index contributed by atoms with van der Waals surface area (Å²) < 4.78 is 9.05. The summed E-state index contributed by atoms with van der Waals surface area (Å²) in [4.78, 5) is 2.34. The van der Waals surface area contributed by atoms with Gasteiger partial charge >= 0.3 is 0 Å². The topological polar surface area (TPSA) is 21.3 Å². The van der Waals surface area contributed by atoms with Crippen LogP contribution < -0.4 is 4.90 Å². The van der Waals surface area contributed by atoms with Crippen LogP contribution in [0.15, 0.2) is 199 Å². The molecule has 3 nitrogen and oxygen atoms in total. The number of rotatable bonds is 6. The van der Waals surface area contributed by atoms with Gasteiger partial charge in [-0.2, -0.15) is 0 Å². The molecule has 0 atom stereocenters. The van der Waals surface area contributed by atoms with Crippen LogP contribution in [-0.4, -0.2) is 4.57 Å². The van der Waals surface area contributed by atoms with Gasteiger partial charge < -0.3 is 13.9 Å². The number of benzene rings is 8. The number of para-hydroxylation sites is 3. The first-order valence-corrected chi connectivity index (χ1v) is 17.4. The van der Waals surface area contributed by atoms with Crippen LogP contribution in [0.5, 0.6) is 0 Å². The van der Waals surface area contributed by atoms with Gasteiger partial charge in [0.2, 0.25) is 0 Å². The van der Waals surface area contributed by atoms with Gasteiger partial charge in [0.05, 0.1) is 16.7 Å². The molecule has 2 heterocycles. The molecule has 0 N–H and O–H groups in total. The van der Waals surface area contributed by atoms with Crippen LogP contribution >= 0.6 is 0 Å². The molecule has 0 radical (unpaired) electrons. The van der Waals surface area contributed by atoms with E-state index in [1.165, 1.54) is 38.5 Å². The molecule has 10 rings (SSSR count). The Morgan fingerprint density at radius 3 is 1.82 bits per heavy atom. The second-order valence-electron chi connectivity index (χ2n) is 12.9. The molecule has 0 spiro atoms. The lowest BCUT2D eigenvalue weighted by molar-refractivity contribution is 0.669. The van der Waals surface area contributed by atoms with Gasteiger partial charge in [-0.05, 0) is 76.9 Å². The molecular weight excluding hydrogens is 621 g/mol. The van der Waals surface area contributed by atoms with Crippen LogP contribution in [-0.2, 0) is 0 Å². The van der Waals surface area contributed by atoms with Crippen LogP contribution in [0.2, 0.25) is 0 Å². The first-order chi connectivity index (χ1) is 25.3. The zero-order valence-corrected chi connectivity index (χ0v) is 27.8. The van der Waals surface area contributed by atoms with E-state index in [0.717, 1.165) is 50.2 Å². The predicted molar refractivity (Wildman–Crippen MR) is 214 cm³/mol. The van der Waals surface area contributed by atoms with Crippen LogP contribution in [0.1, 0.15) is 0 Å². The van der Waals surface area contributed by atoms with Crippen molar-refractivity contribution < 1.29 is 4.42 Å². The molecule has 0 amide bonds. The Morgan fingerprint density at radius 2 is 1.04 bits per heavy atom. The van der Waals surface area contributed by atoms with Crippen LogP contribution in [0.25, 0.3) is 71.7 Å². The fraction of sp³-hybridized carbons (Fsp3) is 0. The lowest BCUT2D eigenvalue weighted by atomic mass is 9.99. The minimum Gasteiger partial charge on any atom is -0.454 e. The number of hydrogen-bond acceptors (Lipinski definition) is 2. The van der Waals surface area contributed by atoms with E-state index in [4.69, 9.17) is 4.42 Å². The highest BCUT2D eigenvalue weighted by atomic mass is 16.3. The van der Waals surface area contributed by atoms with Gasteiger partial charge in [0.15, 0.2) is 5.58 Å². The lowest BCUT2D eigenvalue weighted by Gasteiger charge is -2.26. The zero-order valence-electron chi connectivity index (χ0n) is 27.8. The first-order valence-electron chi connectivity index (χ1n) is 17.4. The number of aromatic nitrogens is 1. The van der Waals surface area contributed by atoms with Crippen molar-refractivity contribution in [2.45, 2.75) is 0 Å². The quantitative estimate of drug-likeness (QED) is 0.178. The largest absolute Gasteiger partial charge is 0.454 e. The van der Waals surface area contributed by atoms with Gasteiger partial charge in [0.25, 0.3) is 0 Å². The van der Waals surface area contributed by atoms with E-state index in [1.807, 2.05) is 12.1 Å². The lowest BCUT2D eigenvalue weighted by Crippen LogP contribution is -2.10. The number of fused-ring (bicyclic) bond motifs is 6. The molecule has 51 heavy (non-hydrogen) atoms. The third kappa shape index (κ3) is 4.82. The molecule has 0 aliphatic heterocycles. The van der Waals surface area contributed by atoms with Gasteiger partial charge in [-0.1, -0.05) is 140 Å². The van der Waals surface area contributed by atoms with Crippen molar-refractivity contribution in [3.63, 3.8) is 0 Å². The second-order valence-corrected chi connectivity index (χ2v) is 12.9. The first kappa shape index (κ1) is 29.1. The molecule has 0 unspecified atom stereocenters. The van der Waals surface area contributed by atoms with Crippen molar-refractivity contribution in [1.29, 1.82) is 0 Å². The monoisotopic (exact) mass is 652 g/mol. The SMILES string of the molecule is c1ccc(-c2ccc(N(c3ccc4c5c(-c6ccccc6)cccc5n(-c5ccccc5)c4c3)c3cccc4c3oc3ccccc34)cc2)cc1. The fourth-order valence-electron chi connectivity index (χ4n) is 7.68. The van der Waals surface area contributed by atoms with E-state index in [2.05, 4.69) is 191 Å². The predicted octanol–water partition coefficient (Wildman–Crippen LogP) is 13.5. The summed E-state index contributed by atoms with van der Waals surface area (Å²) in [6.07, 6.45) is 0. The Bertz CT molecular complexity index is 2830. The smallest absolute Gasteiger partial charge is 0.159 e. The van der Waals surface area contributed by atoms with Gasteiger partial charge in [-0.15, -0.1) is 0 Å². The van der Waals surface area contributed by atoms with E-state index in [-0.39, 0.29) is 0 Å². The molecule has 0 aliphatic carbocycles. The highest BCUT2D eigenvalue weighted by Gasteiger charge is 2.22. The molecule has 0 bridgehead atoms. The minimum atomic E-state index is 0.862. The Balaban J connectivity index is 1.25. The second kappa shape index (κ2) is 11.9. The number of anilines is 3. The Morgan fingerprint density at radius 1 is 0.412 bits per heavy atom. The molecule has 0 saturated heterocycles. The highest BCUT2D eigenvalue weighted by molar-refractivity contribution is 6.17. The van der Waals surface area contributed by atoms with Crippen molar-refractivity contribution in [3.8, 4) is 27.9 Å². The molecule has 8 aromatic carbocycles. The highest BCUT2D eigenvalue weighted by Crippen LogP contribution is 2.45. The zero-order chi connectivity index (χ0) is 33.7. The summed E-state index contributed by atoms with van der Waals surface area (Å²) in [5, 5.41) is 4.66. The molecule has 0 aliphatic rings. The number of hydrogen-bond donors (Lipinski definition) is 0. The average molecular weight is 653 g/mol. The Kier molecular flexibility index (Phi) is 6.81. The maximum Gasteiger partial charge on any atom is 0.159 e.